The van der Waals surface area contributed by atoms with Gasteiger partial charge in [-0.3, -0.25) is 9.69 Å². The molecular weight excluding hydrogens is 341 g/mol. The molecule has 128 valence electrons. The second-order valence-electron chi connectivity index (χ2n) is 5.32. The van der Waals surface area contributed by atoms with Crippen LogP contribution in [0.25, 0.3) is 0 Å². The van der Waals surface area contributed by atoms with Crippen LogP contribution in [0.5, 0.6) is 0 Å². The van der Waals surface area contributed by atoms with Crippen molar-refractivity contribution in [2.45, 2.75) is 11.7 Å². The van der Waals surface area contributed by atoms with Crippen molar-refractivity contribution in [3.05, 3.63) is 72.5 Å². The van der Waals surface area contributed by atoms with Gasteiger partial charge in [0.15, 0.2) is 5.17 Å². The van der Waals surface area contributed by atoms with Crippen molar-refractivity contribution in [2.75, 3.05) is 6.54 Å². The van der Waals surface area contributed by atoms with Gasteiger partial charge in [0.1, 0.15) is 11.6 Å². The van der Waals surface area contributed by atoms with Gasteiger partial charge in [0.05, 0.1) is 17.7 Å². The van der Waals surface area contributed by atoms with Crippen LogP contribution in [0.3, 0.4) is 0 Å². The predicted octanol–water partition coefficient (Wildman–Crippen LogP) is 3.48. The summed E-state index contributed by atoms with van der Waals surface area (Å²) in [6.45, 7) is 4.04. The largest absolute Gasteiger partial charge is 0.463 e. The molecule has 0 saturated carbocycles. The number of carbonyl (C=O) groups is 1. The molecule has 0 aliphatic carbocycles. The van der Waals surface area contributed by atoms with E-state index in [4.69, 9.17) is 4.42 Å². The topological polar surface area (TPSA) is 58.2 Å². The van der Waals surface area contributed by atoms with Gasteiger partial charge in [0, 0.05) is 6.54 Å². The highest BCUT2D eigenvalue weighted by Crippen LogP contribution is 2.30. The van der Waals surface area contributed by atoms with E-state index in [2.05, 4.69) is 16.8 Å². The zero-order valence-electron chi connectivity index (χ0n) is 13.3. The van der Waals surface area contributed by atoms with Gasteiger partial charge in [0.2, 0.25) is 5.91 Å². The number of furan rings is 1. The van der Waals surface area contributed by atoms with Crippen molar-refractivity contribution in [1.29, 1.82) is 0 Å². The van der Waals surface area contributed by atoms with E-state index in [9.17, 15) is 9.18 Å². The van der Waals surface area contributed by atoms with Crippen LogP contribution < -0.4 is 0 Å². The lowest BCUT2D eigenvalue weighted by molar-refractivity contribution is -0.125. The average molecular weight is 357 g/mol. The van der Waals surface area contributed by atoms with E-state index in [-0.39, 0.29) is 17.0 Å². The molecule has 1 atom stereocenters. The summed E-state index contributed by atoms with van der Waals surface area (Å²) in [4.78, 5) is 14.1. The number of hydrogen-bond donors (Lipinski definition) is 0. The zero-order chi connectivity index (χ0) is 17.6. The summed E-state index contributed by atoms with van der Waals surface area (Å²) < 4.78 is 18.2. The third kappa shape index (κ3) is 4.24. The summed E-state index contributed by atoms with van der Waals surface area (Å²) in [5.74, 6) is 0.231. The van der Waals surface area contributed by atoms with Crippen LogP contribution in [0.2, 0.25) is 0 Å². The summed E-state index contributed by atoms with van der Waals surface area (Å²) in [5.41, 5.74) is 0.895. The van der Waals surface area contributed by atoms with E-state index in [0.29, 0.717) is 23.9 Å². The van der Waals surface area contributed by atoms with Crippen molar-refractivity contribution in [3.63, 3.8) is 0 Å². The molecule has 1 saturated heterocycles. The lowest BCUT2D eigenvalue weighted by atomic mass is 10.1. The highest BCUT2D eigenvalue weighted by molar-refractivity contribution is 8.15. The summed E-state index contributed by atoms with van der Waals surface area (Å²) in [6, 6.07) is 9.67. The minimum atomic E-state index is -0.317. The lowest BCUT2D eigenvalue weighted by Gasteiger charge is -2.12. The van der Waals surface area contributed by atoms with Gasteiger partial charge < -0.3 is 4.42 Å². The van der Waals surface area contributed by atoms with Gasteiger partial charge >= 0.3 is 0 Å². The fraction of sp³-hybridized carbons (Fsp3) is 0.167. The van der Waals surface area contributed by atoms with Crippen LogP contribution in [-0.4, -0.2) is 34.0 Å². The van der Waals surface area contributed by atoms with Crippen molar-refractivity contribution >= 4 is 29.1 Å². The van der Waals surface area contributed by atoms with Crippen LogP contribution in [0.15, 0.2) is 69.9 Å². The van der Waals surface area contributed by atoms with Crippen LogP contribution in [0, 0.1) is 5.82 Å². The SMILES string of the molecule is C=CCN1C(=O)[C@H](Cc2ccc(F)cc2)S/C1=N/N=C\c1ccco1. The molecule has 1 aliphatic heterocycles. The van der Waals surface area contributed by atoms with Crippen molar-refractivity contribution in [1.82, 2.24) is 4.90 Å². The Labute approximate surface area is 148 Å². The molecule has 1 aliphatic rings. The number of hydrogen-bond acceptors (Lipinski definition) is 5. The summed E-state index contributed by atoms with van der Waals surface area (Å²) >= 11 is 1.34. The van der Waals surface area contributed by atoms with Gasteiger partial charge in [-0.05, 0) is 36.2 Å². The monoisotopic (exact) mass is 357 g/mol. The first-order valence-corrected chi connectivity index (χ1v) is 8.53. The van der Waals surface area contributed by atoms with Crippen LogP contribution >= 0.6 is 11.8 Å². The molecule has 1 fully saturated rings. The number of thioether (sulfide) groups is 1. The number of nitrogens with zero attached hydrogens (tertiary/aromatic N) is 3. The van der Waals surface area contributed by atoms with Crippen LogP contribution in [-0.2, 0) is 11.2 Å². The predicted molar refractivity (Wildman–Crippen MR) is 97.1 cm³/mol. The molecule has 0 bridgehead atoms. The Morgan fingerprint density at radius 1 is 1.32 bits per heavy atom. The number of amidine groups is 1. The Bertz CT molecular complexity index is 800. The minimum Gasteiger partial charge on any atom is -0.463 e. The fourth-order valence-electron chi connectivity index (χ4n) is 2.35. The first kappa shape index (κ1) is 17.2. The van der Waals surface area contributed by atoms with Crippen LogP contribution in [0.4, 0.5) is 4.39 Å². The molecule has 2 aromatic rings. The highest BCUT2D eigenvalue weighted by Gasteiger charge is 2.37. The third-order valence-corrected chi connectivity index (χ3v) is 4.70. The molecule has 1 amide bonds. The molecule has 1 aromatic carbocycles. The zero-order valence-corrected chi connectivity index (χ0v) is 14.2. The van der Waals surface area contributed by atoms with E-state index in [1.807, 2.05) is 0 Å². The van der Waals surface area contributed by atoms with Gasteiger partial charge in [-0.15, -0.1) is 11.7 Å². The molecule has 7 heteroatoms. The maximum Gasteiger partial charge on any atom is 0.242 e. The lowest BCUT2D eigenvalue weighted by Crippen LogP contribution is -2.32. The van der Waals surface area contributed by atoms with Gasteiger partial charge in [0.25, 0.3) is 0 Å². The Morgan fingerprint density at radius 3 is 2.80 bits per heavy atom. The van der Waals surface area contributed by atoms with Gasteiger partial charge in [-0.2, -0.15) is 5.10 Å². The smallest absolute Gasteiger partial charge is 0.242 e. The third-order valence-electron chi connectivity index (χ3n) is 3.54. The number of benzene rings is 1. The molecular formula is C18H16FN3O2S. The Morgan fingerprint density at radius 2 is 2.12 bits per heavy atom. The summed E-state index contributed by atoms with van der Waals surface area (Å²) in [6.07, 6.45) is 5.17. The first-order valence-electron chi connectivity index (χ1n) is 7.65. The Balaban J connectivity index is 1.74. The van der Waals surface area contributed by atoms with Gasteiger partial charge in [-0.1, -0.05) is 30.0 Å². The standard InChI is InChI=1S/C18H16FN3O2S/c1-2-9-22-17(23)16(11-13-5-7-14(19)8-6-13)25-18(22)21-20-12-15-4-3-10-24-15/h2-8,10,12,16H,1,9,11H2/b20-12-,21-18+/t16-/m0/s1. The molecule has 0 spiro atoms. The molecule has 0 N–H and O–H groups in total. The molecule has 25 heavy (non-hydrogen) atoms. The fourth-order valence-corrected chi connectivity index (χ4v) is 3.49. The highest BCUT2D eigenvalue weighted by atomic mass is 32.2. The van der Waals surface area contributed by atoms with E-state index in [1.165, 1.54) is 30.1 Å². The minimum absolute atomic E-state index is 0.0545. The van der Waals surface area contributed by atoms with E-state index < -0.39 is 0 Å². The molecule has 0 unspecified atom stereocenters. The van der Waals surface area contributed by atoms with Gasteiger partial charge in [-0.25, -0.2) is 4.39 Å². The van der Waals surface area contributed by atoms with Crippen LogP contribution in [0.1, 0.15) is 11.3 Å². The molecule has 0 radical (unpaired) electrons. The molecule has 5 nitrogen and oxygen atoms in total. The normalized spacial score (nSPS) is 19.2. The molecule has 3 rings (SSSR count). The maximum absolute atomic E-state index is 13.0. The van der Waals surface area contributed by atoms with E-state index in [1.54, 1.807) is 41.5 Å². The second-order valence-corrected chi connectivity index (χ2v) is 6.49. The van der Waals surface area contributed by atoms with E-state index in [0.717, 1.165) is 5.56 Å². The van der Waals surface area contributed by atoms with Crippen molar-refractivity contribution < 1.29 is 13.6 Å². The second kappa shape index (κ2) is 7.94. The maximum atomic E-state index is 13.0. The number of amides is 1. The molecule has 1 aromatic heterocycles. The number of rotatable bonds is 6. The summed E-state index contributed by atoms with van der Waals surface area (Å²) in [7, 11) is 0. The van der Waals surface area contributed by atoms with Crippen molar-refractivity contribution in [2.24, 2.45) is 10.2 Å². The number of carbonyl (C=O) groups excluding carboxylic acids is 1. The average Bonchev–Trinajstić information content (AvgIpc) is 3.21. The Hall–Kier alpha value is -2.67. The quantitative estimate of drug-likeness (QED) is 0.452. The summed E-state index contributed by atoms with van der Waals surface area (Å²) in [5, 5.41) is 8.32. The van der Waals surface area contributed by atoms with Crippen molar-refractivity contribution in [3.8, 4) is 0 Å². The molecule has 2 heterocycles. The number of halogens is 1. The first-order chi connectivity index (χ1) is 12.2. The van der Waals surface area contributed by atoms with E-state index >= 15 is 0 Å². The Kier molecular flexibility index (Phi) is 5.45.